The maximum atomic E-state index is 12.4. The summed E-state index contributed by atoms with van der Waals surface area (Å²) in [6.07, 6.45) is -1.11. The lowest BCUT2D eigenvalue weighted by Crippen LogP contribution is -2.42. The first-order valence-electron chi connectivity index (χ1n) is 8.87. The smallest absolute Gasteiger partial charge is 0.324 e. The van der Waals surface area contributed by atoms with Crippen LogP contribution in [0.3, 0.4) is 0 Å². The van der Waals surface area contributed by atoms with Crippen LogP contribution in [-0.4, -0.2) is 39.5 Å². The largest absolute Gasteiger partial charge is 0.497 e. The monoisotopic (exact) mass is 420 g/mol. The van der Waals surface area contributed by atoms with Crippen molar-refractivity contribution in [3.05, 3.63) is 54.1 Å². The Hall–Kier alpha value is -2.91. The van der Waals surface area contributed by atoms with Gasteiger partial charge in [-0.15, -0.1) is 0 Å². The first-order valence-corrected chi connectivity index (χ1v) is 10.3. The Morgan fingerprint density at radius 3 is 2.10 bits per heavy atom. The summed E-state index contributed by atoms with van der Waals surface area (Å²) in [6.45, 7) is 4.59. The lowest BCUT2D eigenvalue weighted by Gasteiger charge is -2.18. The third-order valence-electron chi connectivity index (χ3n) is 4.04. The van der Waals surface area contributed by atoms with E-state index in [9.17, 15) is 18.0 Å². The van der Waals surface area contributed by atoms with E-state index in [1.165, 1.54) is 33.1 Å². The highest BCUT2D eigenvalue weighted by Crippen LogP contribution is 2.16. The van der Waals surface area contributed by atoms with E-state index in [0.717, 1.165) is 5.56 Å². The fourth-order valence-electron chi connectivity index (χ4n) is 2.31. The molecule has 0 saturated heterocycles. The highest BCUT2D eigenvalue weighted by molar-refractivity contribution is 7.89. The molecule has 0 aliphatic rings. The van der Waals surface area contributed by atoms with E-state index in [2.05, 4.69) is 10.0 Å². The number of rotatable bonds is 8. The number of ether oxygens (including phenoxy) is 2. The van der Waals surface area contributed by atoms with Crippen LogP contribution < -0.4 is 14.8 Å². The fraction of sp³-hybridized carbons (Fsp3) is 0.300. The Morgan fingerprint density at radius 2 is 1.55 bits per heavy atom. The minimum Gasteiger partial charge on any atom is -0.497 e. The third kappa shape index (κ3) is 6.30. The van der Waals surface area contributed by atoms with Crippen molar-refractivity contribution in [1.29, 1.82) is 0 Å². The van der Waals surface area contributed by atoms with E-state index in [1.807, 2.05) is 6.92 Å². The van der Waals surface area contributed by atoms with Gasteiger partial charge in [-0.1, -0.05) is 17.7 Å². The maximum absolute atomic E-state index is 12.4. The van der Waals surface area contributed by atoms with E-state index in [-0.39, 0.29) is 4.90 Å². The molecule has 2 rings (SSSR count). The Bertz CT molecular complexity index is 955. The van der Waals surface area contributed by atoms with Crippen LogP contribution in [0.1, 0.15) is 19.4 Å². The summed E-state index contributed by atoms with van der Waals surface area (Å²) in [5.41, 5.74) is 1.42. The molecule has 156 valence electrons. The molecule has 0 aromatic heterocycles. The Balaban J connectivity index is 1.93. The zero-order valence-corrected chi connectivity index (χ0v) is 17.4. The molecular weight excluding hydrogens is 396 g/mol. The Labute approximate surface area is 170 Å². The Kier molecular flexibility index (Phi) is 7.35. The van der Waals surface area contributed by atoms with Crippen LogP contribution in [-0.2, 0) is 24.3 Å². The Morgan fingerprint density at radius 1 is 0.966 bits per heavy atom. The standard InChI is InChI=1S/C20H24N2O6S/c1-13-5-11-18(12-6-13)29(25,26)22-14(2)20(24)28-15(3)19(23)21-16-7-9-17(27-4)10-8-16/h5-12,14-15,22H,1-4H3,(H,21,23)/t14-,15+/m0/s1. The van der Waals surface area contributed by atoms with Crippen molar-refractivity contribution in [2.24, 2.45) is 0 Å². The zero-order chi connectivity index (χ0) is 21.6. The highest BCUT2D eigenvalue weighted by Gasteiger charge is 2.26. The number of sulfonamides is 1. The number of hydrogen-bond acceptors (Lipinski definition) is 6. The van der Waals surface area contributed by atoms with Gasteiger partial charge in [0.15, 0.2) is 6.10 Å². The number of carbonyl (C=O) groups is 2. The van der Waals surface area contributed by atoms with E-state index >= 15 is 0 Å². The van der Waals surface area contributed by atoms with E-state index < -0.39 is 34.0 Å². The molecule has 2 N–H and O–H groups in total. The second kappa shape index (κ2) is 9.53. The van der Waals surface area contributed by atoms with E-state index in [4.69, 9.17) is 9.47 Å². The van der Waals surface area contributed by atoms with Crippen molar-refractivity contribution < 1.29 is 27.5 Å². The number of carbonyl (C=O) groups excluding carboxylic acids is 2. The summed E-state index contributed by atoms with van der Waals surface area (Å²) < 4.78 is 37.1. The fourth-order valence-corrected chi connectivity index (χ4v) is 3.51. The van der Waals surface area contributed by atoms with Gasteiger partial charge in [-0.3, -0.25) is 9.59 Å². The SMILES string of the molecule is COc1ccc(NC(=O)[C@@H](C)OC(=O)[C@H](C)NS(=O)(=O)c2ccc(C)cc2)cc1. The van der Waals surface area contributed by atoms with Crippen LogP contribution in [0.15, 0.2) is 53.4 Å². The van der Waals surface area contributed by atoms with Crippen LogP contribution in [0, 0.1) is 6.92 Å². The molecule has 0 heterocycles. The van der Waals surface area contributed by atoms with Crippen molar-refractivity contribution >= 4 is 27.6 Å². The summed E-state index contributed by atoms with van der Waals surface area (Å²) >= 11 is 0. The molecule has 0 bridgehead atoms. The van der Waals surface area contributed by atoms with Crippen molar-refractivity contribution in [2.75, 3.05) is 12.4 Å². The van der Waals surface area contributed by atoms with Gasteiger partial charge in [-0.25, -0.2) is 8.42 Å². The molecule has 2 aromatic rings. The van der Waals surface area contributed by atoms with Gasteiger partial charge in [-0.2, -0.15) is 4.72 Å². The molecule has 8 nitrogen and oxygen atoms in total. The highest BCUT2D eigenvalue weighted by atomic mass is 32.2. The maximum Gasteiger partial charge on any atom is 0.324 e. The molecule has 2 aromatic carbocycles. The second-order valence-electron chi connectivity index (χ2n) is 6.45. The molecule has 0 saturated carbocycles. The van der Waals surface area contributed by atoms with Crippen molar-refractivity contribution in [3.63, 3.8) is 0 Å². The molecule has 0 spiro atoms. The molecule has 1 amide bonds. The number of esters is 1. The van der Waals surface area contributed by atoms with Gasteiger partial charge < -0.3 is 14.8 Å². The summed E-state index contributed by atoms with van der Waals surface area (Å²) in [4.78, 5) is 24.5. The van der Waals surface area contributed by atoms with Gasteiger partial charge in [0.2, 0.25) is 10.0 Å². The van der Waals surface area contributed by atoms with E-state index in [0.29, 0.717) is 11.4 Å². The van der Waals surface area contributed by atoms with Crippen LogP contribution >= 0.6 is 0 Å². The normalized spacial score (nSPS) is 13.2. The topological polar surface area (TPSA) is 111 Å². The summed E-state index contributed by atoms with van der Waals surface area (Å²) in [5.74, 6) is -0.771. The number of benzene rings is 2. The molecule has 9 heteroatoms. The van der Waals surface area contributed by atoms with Crippen molar-refractivity contribution in [3.8, 4) is 5.75 Å². The zero-order valence-electron chi connectivity index (χ0n) is 16.6. The lowest BCUT2D eigenvalue weighted by atomic mass is 10.2. The van der Waals surface area contributed by atoms with Crippen LogP contribution in [0.4, 0.5) is 5.69 Å². The summed E-state index contributed by atoms with van der Waals surface area (Å²) in [5, 5.41) is 2.61. The van der Waals surface area contributed by atoms with Crippen LogP contribution in [0.2, 0.25) is 0 Å². The average molecular weight is 420 g/mol. The first kappa shape index (κ1) is 22.4. The van der Waals surface area contributed by atoms with Crippen LogP contribution in [0.5, 0.6) is 5.75 Å². The van der Waals surface area contributed by atoms with Gasteiger partial charge in [0.25, 0.3) is 5.91 Å². The number of aryl methyl sites for hydroxylation is 1. The molecule has 0 aliphatic heterocycles. The molecule has 2 atom stereocenters. The molecule has 0 unspecified atom stereocenters. The van der Waals surface area contributed by atoms with Gasteiger partial charge in [0.1, 0.15) is 11.8 Å². The summed E-state index contributed by atoms with van der Waals surface area (Å²) in [6, 6.07) is 11.7. The van der Waals surface area contributed by atoms with Crippen LogP contribution in [0.25, 0.3) is 0 Å². The molecule has 0 aliphatic carbocycles. The molecular formula is C20H24N2O6S. The predicted octanol–water partition coefficient (Wildman–Crippen LogP) is 2.24. The molecule has 0 fully saturated rings. The minimum absolute atomic E-state index is 0.0352. The lowest BCUT2D eigenvalue weighted by molar-refractivity contribution is -0.154. The van der Waals surface area contributed by atoms with Crippen molar-refractivity contribution in [2.45, 2.75) is 37.8 Å². The van der Waals surface area contributed by atoms with Gasteiger partial charge in [-0.05, 0) is 57.2 Å². The first-order chi connectivity index (χ1) is 13.6. The molecule has 0 radical (unpaired) electrons. The van der Waals surface area contributed by atoms with Gasteiger partial charge >= 0.3 is 5.97 Å². The average Bonchev–Trinajstić information content (AvgIpc) is 2.68. The number of hydrogen-bond donors (Lipinski definition) is 2. The minimum atomic E-state index is -3.90. The quantitative estimate of drug-likeness (QED) is 0.634. The van der Waals surface area contributed by atoms with Gasteiger partial charge in [0.05, 0.1) is 12.0 Å². The predicted molar refractivity (Wildman–Crippen MR) is 108 cm³/mol. The van der Waals surface area contributed by atoms with Crippen molar-refractivity contribution in [1.82, 2.24) is 4.72 Å². The number of nitrogens with one attached hydrogen (secondary N) is 2. The van der Waals surface area contributed by atoms with E-state index in [1.54, 1.807) is 36.4 Å². The second-order valence-corrected chi connectivity index (χ2v) is 8.17. The molecule has 29 heavy (non-hydrogen) atoms. The number of anilines is 1. The third-order valence-corrected chi connectivity index (χ3v) is 5.59. The number of amides is 1. The summed E-state index contributed by atoms with van der Waals surface area (Å²) in [7, 11) is -2.36. The number of methoxy groups -OCH3 is 1. The van der Waals surface area contributed by atoms with Gasteiger partial charge in [0, 0.05) is 5.69 Å².